The molecule has 1 unspecified atom stereocenters. The molecule has 0 rings (SSSR count). The smallest absolute Gasteiger partial charge is 0.333 e. The fourth-order valence-corrected chi connectivity index (χ4v) is 0.534. The molecule has 5 heteroatoms. The number of aliphatic hydroxyl groups excluding tert-OH is 1. The lowest BCUT2D eigenvalue weighted by Gasteiger charge is -2.02. The van der Waals surface area contributed by atoms with Crippen LogP contribution in [0.4, 0.5) is 0 Å². The molecule has 0 spiro atoms. The van der Waals surface area contributed by atoms with Crippen LogP contribution in [0.1, 0.15) is 13.8 Å². The number of hydrogen-bond donors (Lipinski definition) is 1. The Hall–Kier alpha value is -1.36. The van der Waals surface area contributed by atoms with Crippen molar-refractivity contribution in [3.05, 3.63) is 12.2 Å². The average Bonchev–Trinajstić information content (AvgIpc) is 2.00. The second-order valence-electron chi connectivity index (χ2n) is 2.12. The Bertz CT molecular complexity index is 207. The summed E-state index contributed by atoms with van der Waals surface area (Å²) in [7, 11) is 0. The standard InChI is InChI=1S/C8H12O5/c1-3-12-7(10)4-5-8(11)13-6(2)9/h4-6,9H,3H2,1-2H3. The molecule has 0 aliphatic rings. The first-order valence-corrected chi connectivity index (χ1v) is 3.79. The zero-order chi connectivity index (χ0) is 10.3. The molecule has 74 valence electrons. The second-order valence-corrected chi connectivity index (χ2v) is 2.12. The first kappa shape index (κ1) is 11.6. The molecule has 1 atom stereocenters. The van der Waals surface area contributed by atoms with Crippen LogP contribution in [0.25, 0.3) is 0 Å². The number of carbonyl (C=O) groups is 2. The van der Waals surface area contributed by atoms with Crippen molar-refractivity contribution in [3.63, 3.8) is 0 Å². The monoisotopic (exact) mass is 188 g/mol. The topological polar surface area (TPSA) is 72.8 Å². The van der Waals surface area contributed by atoms with Crippen LogP contribution in [0.5, 0.6) is 0 Å². The van der Waals surface area contributed by atoms with Crippen molar-refractivity contribution in [1.82, 2.24) is 0 Å². The number of hydrogen-bond acceptors (Lipinski definition) is 5. The van der Waals surface area contributed by atoms with Gasteiger partial charge in [0, 0.05) is 12.2 Å². The highest BCUT2D eigenvalue weighted by atomic mass is 16.6. The molecule has 13 heavy (non-hydrogen) atoms. The molecule has 1 N–H and O–H groups in total. The molecule has 0 bridgehead atoms. The molecule has 5 nitrogen and oxygen atoms in total. The normalized spacial score (nSPS) is 12.5. The van der Waals surface area contributed by atoms with Crippen molar-refractivity contribution in [3.8, 4) is 0 Å². The third-order valence-electron chi connectivity index (χ3n) is 0.929. The molecule has 0 fully saturated rings. The van der Waals surface area contributed by atoms with Gasteiger partial charge in [-0.25, -0.2) is 9.59 Å². The molecular weight excluding hydrogens is 176 g/mol. The molecular formula is C8H12O5. The lowest BCUT2D eigenvalue weighted by atomic mass is 10.5. The summed E-state index contributed by atoms with van der Waals surface area (Å²) in [6.45, 7) is 3.19. The van der Waals surface area contributed by atoms with Gasteiger partial charge in [0.15, 0.2) is 6.29 Å². The van der Waals surface area contributed by atoms with Crippen LogP contribution in [0.15, 0.2) is 12.2 Å². The van der Waals surface area contributed by atoms with Crippen LogP contribution < -0.4 is 0 Å². The average molecular weight is 188 g/mol. The zero-order valence-corrected chi connectivity index (χ0v) is 7.52. The van der Waals surface area contributed by atoms with Crippen molar-refractivity contribution in [1.29, 1.82) is 0 Å². The second kappa shape index (κ2) is 6.19. The van der Waals surface area contributed by atoms with Gasteiger partial charge in [-0.3, -0.25) is 0 Å². The molecule has 0 amide bonds. The molecule has 0 aromatic rings. The Balaban J connectivity index is 3.83. The molecule has 0 aliphatic carbocycles. The minimum atomic E-state index is -1.18. The zero-order valence-electron chi connectivity index (χ0n) is 7.52. The summed E-state index contributed by atoms with van der Waals surface area (Å²) in [5.74, 6) is -1.41. The maximum atomic E-state index is 10.7. The van der Waals surface area contributed by atoms with Crippen LogP contribution in [0, 0.1) is 0 Å². The van der Waals surface area contributed by atoms with Gasteiger partial charge in [-0.2, -0.15) is 0 Å². The summed E-state index contributed by atoms with van der Waals surface area (Å²) in [6, 6.07) is 0. The Morgan fingerprint density at radius 3 is 2.38 bits per heavy atom. The maximum absolute atomic E-state index is 10.7. The largest absolute Gasteiger partial charge is 0.463 e. The van der Waals surface area contributed by atoms with Gasteiger partial charge in [0.2, 0.25) is 0 Å². The van der Waals surface area contributed by atoms with Gasteiger partial charge in [-0.05, 0) is 13.8 Å². The van der Waals surface area contributed by atoms with Crippen molar-refractivity contribution in [2.24, 2.45) is 0 Å². The van der Waals surface area contributed by atoms with E-state index in [4.69, 9.17) is 5.11 Å². The Morgan fingerprint density at radius 2 is 1.92 bits per heavy atom. The van der Waals surface area contributed by atoms with Crippen LogP contribution in [0.2, 0.25) is 0 Å². The van der Waals surface area contributed by atoms with Gasteiger partial charge in [-0.1, -0.05) is 0 Å². The Labute approximate surface area is 75.9 Å². The molecule has 0 saturated carbocycles. The van der Waals surface area contributed by atoms with E-state index in [-0.39, 0.29) is 6.61 Å². The SMILES string of the molecule is CCOC(=O)C=CC(=O)OC(C)O. The lowest BCUT2D eigenvalue weighted by molar-refractivity contribution is -0.158. The fourth-order valence-electron chi connectivity index (χ4n) is 0.534. The number of aliphatic hydroxyl groups is 1. The first-order valence-electron chi connectivity index (χ1n) is 3.79. The van der Waals surface area contributed by atoms with Crippen molar-refractivity contribution in [2.75, 3.05) is 6.61 Å². The fraction of sp³-hybridized carbons (Fsp3) is 0.500. The quantitative estimate of drug-likeness (QED) is 0.381. The molecule has 0 aromatic heterocycles. The van der Waals surface area contributed by atoms with Crippen molar-refractivity contribution < 1.29 is 24.2 Å². The van der Waals surface area contributed by atoms with E-state index >= 15 is 0 Å². The number of ether oxygens (including phenoxy) is 2. The lowest BCUT2D eigenvalue weighted by Crippen LogP contribution is -2.12. The van der Waals surface area contributed by atoms with Gasteiger partial charge in [0.25, 0.3) is 0 Å². The Kier molecular flexibility index (Phi) is 5.54. The minimum Gasteiger partial charge on any atom is -0.463 e. The summed E-state index contributed by atoms with van der Waals surface area (Å²) in [4.78, 5) is 21.3. The van der Waals surface area contributed by atoms with Gasteiger partial charge in [0.05, 0.1) is 6.61 Å². The van der Waals surface area contributed by atoms with Crippen LogP contribution in [0.3, 0.4) is 0 Å². The van der Waals surface area contributed by atoms with Crippen LogP contribution in [-0.4, -0.2) is 29.9 Å². The summed E-state index contributed by atoms with van der Waals surface area (Å²) in [5, 5.41) is 8.60. The van der Waals surface area contributed by atoms with Crippen molar-refractivity contribution >= 4 is 11.9 Å². The number of esters is 2. The van der Waals surface area contributed by atoms with Crippen LogP contribution in [-0.2, 0) is 19.1 Å². The highest BCUT2D eigenvalue weighted by molar-refractivity contribution is 5.91. The van der Waals surface area contributed by atoms with E-state index < -0.39 is 18.2 Å². The highest BCUT2D eigenvalue weighted by Crippen LogP contribution is 1.88. The summed E-state index contributed by atoms with van der Waals surface area (Å²) < 4.78 is 8.80. The van der Waals surface area contributed by atoms with Crippen LogP contribution >= 0.6 is 0 Å². The van der Waals surface area contributed by atoms with Gasteiger partial charge >= 0.3 is 11.9 Å². The summed E-state index contributed by atoms with van der Waals surface area (Å²) >= 11 is 0. The predicted molar refractivity (Wildman–Crippen MR) is 43.5 cm³/mol. The van der Waals surface area contributed by atoms with E-state index in [0.717, 1.165) is 12.2 Å². The first-order chi connectivity index (χ1) is 6.06. The molecule has 0 radical (unpaired) electrons. The molecule has 0 aliphatic heterocycles. The van der Waals surface area contributed by atoms with E-state index in [1.165, 1.54) is 6.92 Å². The summed E-state index contributed by atoms with van der Waals surface area (Å²) in [5.41, 5.74) is 0. The number of rotatable bonds is 4. The van der Waals surface area contributed by atoms with E-state index in [2.05, 4.69) is 9.47 Å². The van der Waals surface area contributed by atoms with E-state index in [1.54, 1.807) is 6.92 Å². The third kappa shape index (κ3) is 7.02. The van der Waals surface area contributed by atoms with Crippen molar-refractivity contribution in [2.45, 2.75) is 20.1 Å². The van der Waals surface area contributed by atoms with Gasteiger partial charge in [-0.15, -0.1) is 0 Å². The van der Waals surface area contributed by atoms with Gasteiger partial charge in [0.1, 0.15) is 0 Å². The third-order valence-corrected chi connectivity index (χ3v) is 0.929. The molecule has 0 aromatic carbocycles. The predicted octanol–water partition coefficient (Wildman–Crippen LogP) is -0.0128. The molecule has 0 heterocycles. The molecule has 0 saturated heterocycles. The highest BCUT2D eigenvalue weighted by Gasteiger charge is 2.02. The van der Waals surface area contributed by atoms with E-state index in [1.807, 2.05) is 0 Å². The van der Waals surface area contributed by atoms with E-state index in [9.17, 15) is 9.59 Å². The minimum absolute atomic E-state index is 0.245. The summed E-state index contributed by atoms with van der Waals surface area (Å²) in [6.07, 6.45) is 0.651. The van der Waals surface area contributed by atoms with E-state index in [0.29, 0.717) is 0 Å². The number of carbonyl (C=O) groups excluding carboxylic acids is 2. The van der Waals surface area contributed by atoms with Gasteiger partial charge < -0.3 is 14.6 Å². The Morgan fingerprint density at radius 1 is 1.38 bits per heavy atom. The maximum Gasteiger partial charge on any atom is 0.333 e.